The Labute approximate surface area is 90.8 Å². The molecule has 0 aliphatic heterocycles. The molecule has 0 aliphatic rings. The molecule has 0 bridgehead atoms. The predicted molar refractivity (Wildman–Crippen MR) is 13.7 cm³/mol. The molecule has 0 radical (unpaired) electrons. The van der Waals surface area contributed by atoms with Gasteiger partial charge in [-0.3, -0.25) is 0 Å². The van der Waals surface area contributed by atoms with Crippen LogP contribution >= 0.6 is 0 Å². The van der Waals surface area contributed by atoms with Crippen LogP contribution in [0.3, 0.4) is 0 Å². The molecule has 0 aliphatic carbocycles. The van der Waals surface area contributed by atoms with E-state index in [0.717, 1.165) is 0 Å². The second-order valence-corrected chi connectivity index (χ2v) is 3.09. The van der Waals surface area contributed by atoms with Crippen molar-refractivity contribution in [1.29, 1.82) is 0 Å². The minimum Gasteiger partial charge on any atom is -1.00 e. The van der Waals surface area contributed by atoms with Crippen LogP contribution in [0, 0.1) is 0 Å². The standard InChI is InChI=1S/C2H6N.4ClH.Zr/c1-3-2;;;;;/h1-2H3;4*1H;/q-1;;;;;+5/p-4. The molecule has 8 heavy (non-hydrogen) atoms. The molecule has 0 N–H and O–H groups in total. The minimum atomic E-state index is 0. The van der Waals surface area contributed by atoms with Crippen LogP contribution in [-0.2, 0) is 25.0 Å². The van der Waals surface area contributed by atoms with Crippen molar-refractivity contribution in [2.45, 2.75) is 0 Å². The smallest absolute Gasteiger partial charge is 1.00 e. The van der Waals surface area contributed by atoms with Gasteiger partial charge in [0.15, 0.2) is 0 Å². The normalized spacial score (nSPS) is 4.62. The van der Waals surface area contributed by atoms with Crippen LogP contribution in [-0.4, -0.2) is 16.9 Å². The van der Waals surface area contributed by atoms with Crippen molar-refractivity contribution in [1.82, 2.24) is 2.84 Å². The van der Waals surface area contributed by atoms with Gasteiger partial charge in [-0.1, -0.05) is 0 Å². The zero-order valence-electron chi connectivity index (χ0n) is 4.46. The van der Waals surface area contributed by atoms with Crippen molar-refractivity contribution in [3.63, 3.8) is 0 Å². The van der Waals surface area contributed by atoms with E-state index in [1.807, 2.05) is 14.1 Å². The summed E-state index contributed by atoms with van der Waals surface area (Å²) in [6.45, 7) is 0. The van der Waals surface area contributed by atoms with Gasteiger partial charge >= 0.3 is 41.9 Å². The van der Waals surface area contributed by atoms with E-state index in [-0.39, 0.29) is 49.6 Å². The number of hydrogen-bond acceptors (Lipinski definition) is 1. The fraction of sp³-hybridized carbons (Fsp3) is 1.00. The zero-order valence-corrected chi connectivity index (χ0v) is 9.94. The van der Waals surface area contributed by atoms with Crippen LogP contribution < -0.4 is 49.6 Å². The van der Waals surface area contributed by atoms with E-state index < -0.39 is 0 Å². The van der Waals surface area contributed by atoms with Gasteiger partial charge in [-0.2, -0.15) is 0 Å². The summed E-state index contributed by atoms with van der Waals surface area (Å²) in [5.41, 5.74) is 0. The molecule has 0 unspecified atom stereocenters. The molecule has 0 aromatic rings. The largest absolute Gasteiger partial charge is 1.00 e. The predicted octanol–water partition coefficient (Wildman–Crippen LogP) is -12.0. The number of halogens is 4. The van der Waals surface area contributed by atoms with Crippen LogP contribution in [0.25, 0.3) is 0 Å². The topological polar surface area (TPSA) is 3.24 Å². The molecular formula is C2H6Cl4NZr. The average molecular weight is 277 g/mol. The van der Waals surface area contributed by atoms with Gasteiger partial charge in [0.1, 0.15) is 0 Å². The van der Waals surface area contributed by atoms with Gasteiger partial charge in [-0.25, -0.2) is 0 Å². The molecule has 0 saturated heterocycles. The summed E-state index contributed by atoms with van der Waals surface area (Å²) < 4.78 is 2.09. The Bertz CT molecular complexity index is 18.8. The third-order valence-electron chi connectivity index (χ3n) is 0. The Morgan fingerprint density at radius 3 is 0.875 bits per heavy atom. The Morgan fingerprint density at radius 1 is 0.875 bits per heavy atom. The van der Waals surface area contributed by atoms with Gasteiger partial charge in [0, 0.05) is 0 Å². The zero-order chi connectivity index (χ0) is 3.58. The Hall–Kier alpha value is 2.00. The summed E-state index contributed by atoms with van der Waals surface area (Å²) in [6.07, 6.45) is 0. The number of rotatable bonds is 0. The first-order chi connectivity index (χ1) is 1.73. The SMILES string of the molecule is C[N](C)[Zr+4].[Cl-].[Cl-].[Cl-].[Cl-]. The van der Waals surface area contributed by atoms with Crippen LogP contribution in [0.4, 0.5) is 0 Å². The maximum Gasteiger partial charge on any atom is -1.00 e. The van der Waals surface area contributed by atoms with E-state index >= 15 is 0 Å². The fourth-order valence-electron chi connectivity index (χ4n) is 0. The van der Waals surface area contributed by atoms with E-state index in [9.17, 15) is 0 Å². The van der Waals surface area contributed by atoms with Gasteiger partial charge in [-0.15, -0.1) is 0 Å². The summed E-state index contributed by atoms with van der Waals surface area (Å²) in [5, 5.41) is 0. The van der Waals surface area contributed by atoms with Gasteiger partial charge in [0.25, 0.3) is 0 Å². The van der Waals surface area contributed by atoms with Crippen molar-refractivity contribution < 1.29 is 74.6 Å². The monoisotopic (exact) mass is 274 g/mol. The molecule has 0 fully saturated rings. The summed E-state index contributed by atoms with van der Waals surface area (Å²) in [7, 11) is 4.08. The molecular weight excluding hydrogens is 271 g/mol. The van der Waals surface area contributed by atoms with Crippen LogP contribution in [0.5, 0.6) is 0 Å². The third kappa shape index (κ3) is 97.8. The summed E-state index contributed by atoms with van der Waals surface area (Å²) in [6, 6.07) is 0. The van der Waals surface area contributed by atoms with Crippen molar-refractivity contribution in [2.24, 2.45) is 0 Å². The molecule has 0 aromatic heterocycles. The van der Waals surface area contributed by atoms with Gasteiger partial charge in [0.05, 0.1) is 0 Å². The van der Waals surface area contributed by atoms with Crippen LogP contribution in [0.2, 0.25) is 0 Å². The van der Waals surface area contributed by atoms with Gasteiger partial charge in [-0.05, 0) is 0 Å². The minimum absolute atomic E-state index is 0. The summed E-state index contributed by atoms with van der Waals surface area (Å²) >= 11 is 1.47. The second kappa shape index (κ2) is 23.0. The first-order valence-electron chi connectivity index (χ1n) is 1.12. The maximum absolute atomic E-state index is 2.09. The van der Waals surface area contributed by atoms with Gasteiger partial charge < -0.3 is 49.6 Å². The van der Waals surface area contributed by atoms with E-state index in [2.05, 4.69) is 2.84 Å². The number of nitrogens with zero attached hydrogens (tertiary/aromatic N) is 1. The van der Waals surface area contributed by atoms with E-state index in [1.165, 1.54) is 25.0 Å². The van der Waals surface area contributed by atoms with Crippen molar-refractivity contribution >= 4 is 0 Å². The average Bonchev–Trinajstić information content (AvgIpc) is 0.811. The fourth-order valence-corrected chi connectivity index (χ4v) is 0. The first kappa shape index (κ1) is 32.4. The summed E-state index contributed by atoms with van der Waals surface area (Å²) in [5.74, 6) is 0. The molecule has 0 saturated carbocycles. The van der Waals surface area contributed by atoms with Crippen LogP contribution in [0.1, 0.15) is 0 Å². The molecule has 0 rings (SSSR count). The molecule has 0 heterocycles. The summed E-state index contributed by atoms with van der Waals surface area (Å²) in [4.78, 5) is 0. The molecule has 0 amide bonds. The van der Waals surface area contributed by atoms with Crippen molar-refractivity contribution in [3.8, 4) is 0 Å². The molecule has 0 spiro atoms. The molecule has 51 valence electrons. The van der Waals surface area contributed by atoms with E-state index in [4.69, 9.17) is 0 Å². The Morgan fingerprint density at radius 2 is 0.875 bits per heavy atom. The third-order valence-corrected chi connectivity index (χ3v) is 0. The van der Waals surface area contributed by atoms with Crippen molar-refractivity contribution in [2.75, 3.05) is 14.1 Å². The first-order valence-corrected chi connectivity index (χ1v) is 2.22. The second-order valence-electron chi connectivity index (χ2n) is 0.894. The number of hydrogen-bond donors (Lipinski definition) is 0. The molecule has 0 atom stereocenters. The van der Waals surface area contributed by atoms with Crippen LogP contribution in [0.15, 0.2) is 0 Å². The molecule has 1 nitrogen and oxygen atoms in total. The van der Waals surface area contributed by atoms with E-state index in [0.29, 0.717) is 0 Å². The molecule has 6 heteroatoms. The van der Waals surface area contributed by atoms with Gasteiger partial charge in [0.2, 0.25) is 0 Å². The quantitative estimate of drug-likeness (QED) is 0.425. The Balaban J connectivity index is -0.00000000750. The van der Waals surface area contributed by atoms with E-state index in [1.54, 1.807) is 0 Å². The Kier molecular flexibility index (Phi) is 93.3. The molecule has 0 aromatic carbocycles. The van der Waals surface area contributed by atoms with Crippen molar-refractivity contribution in [3.05, 3.63) is 0 Å². The maximum atomic E-state index is 2.09.